The van der Waals surface area contributed by atoms with Gasteiger partial charge in [0.25, 0.3) is 0 Å². The molecular formula is C12H22N4O. The summed E-state index contributed by atoms with van der Waals surface area (Å²) in [5.74, 6) is 1.64. The molecule has 2 atom stereocenters. The molecule has 2 unspecified atom stereocenters. The fourth-order valence-corrected chi connectivity index (χ4v) is 2.36. The Labute approximate surface area is 102 Å². The zero-order valence-electron chi connectivity index (χ0n) is 10.5. The van der Waals surface area contributed by atoms with Gasteiger partial charge in [0.15, 0.2) is 0 Å². The van der Waals surface area contributed by atoms with Gasteiger partial charge in [0.05, 0.1) is 0 Å². The smallest absolute Gasteiger partial charge is 0.138 e. The lowest BCUT2D eigenvalue weighted by Gasteiger charge is -2.15. The molecule has 0 aliphatic carbocycles. The van der Waals surface area contributed by atoms with Gasteiger partial charge < -0.3 is 10.5 Å². The summed E-state index contributed by atoms with van der Waals surface area (Å²) in [6.07, 6.45) is 5.68. The maximum atomic E-state index is 6.17. The Morgan fingerprint density at radius 2 is 2.53 bits per heavy atom. The third kappa shape index (κ3) is 3.51. The van der Waals surface area contributed by atoms with Crippen LogP contribution in [0.1, 0.15) is 32.0 Å². The summed E-state index contributed by atoms with van der Waals surface area (Å²) in [6, 6.07) is 0.168. The van der Waals surface area contributed by atoms with Crippen molar-refractivity contribution in [1.29, 1.82) is 0 Å². The van der Waals surface area contributed by atoms with Crippen molar-refractivity contribution in [2.45, 2.75) is 45.2 Å². The fourth-order valence-electron chi connectivity index (χ4n) is 2.36. The highest BCUT2D eigenvalue weighted by Crippen LogP contribution is 2.18. The molecule has 5 nitrogen and oxygen atoms in total. The van der Waals surface area contributed by atoms with E-state index in [1.165, 1.54) is 0 Å². The van der Waals surface area contributed by atoms with Crippen LogP contribution in [0.15, 0.2) is 6.33 Å². The lowest BCUT2D eigenvalue weighted by molar-refractivity contribution is 0.182. The summed E-state index contributed by atoms with van der Waals surface area (Å²) < 4.78 is 7.33. The number of aryl methyl sites for hydroxylation is 1. The second kappa shape index (κ2) is 6.12. The van der Waals surface area contributed by atoms with Gasteiger partial charge in [-0.2, -0.15) is 5.10 Å². The van der Waals surface area contributed by atoms with Crippen molar-refractivity contribution in [3.63, 3.8) is 0 Å². The van der Waals surface area contributed by atoms with Crippen molar-refractivity contribution in [3.05, 3.63) is 12.2 Å². The number of rotatable bonds is 6. The third-order valence-electron chi connectivity index (χ3n) is 3.24. The number of hydrogen-bond acceptors (Lipinski definition) is 4. The van der Waals surface area contributed by atoms with Gasteiger partial charge in [-0.05, 0) is 25.2 Å². The number of nitrogens with two attached hydrogens (primary N) is 1. The second-order valence-electron chi connectivity index (χ2n) is 4.83. The van der Waals surface area contributed by atoms with Crippen molar-refractivity contribution in [1.82, 2.24) is 14.8 Å². The van der Waals surface area contributed by atoms with Crippen LogP contribution in [0.2, 0.25) is 0 Å². The van der Waals surface area contributed by atoms with Gasteiger partial charge in [-0.15, -0.1) is 0 Å². The highest BCUT2D eigenvalue weighted by atomic mass is 16.5. The summed E-state index contributed by atoms with van der Waals surface area (Å²) in [5.41, 5.74) is 6.17. The molecule has 2 rings (SSSR count). The first-order valence-electron chi connectivity index (χ1n) is 6.49. The van der Waals surface area contributed by atoms with Gasteiger partial charge in [-0.1, -0.05) is 6.92 Å². The summed E-state index contributed by atoms with van der Waals surface area (Å²) in [7, 11) is 0. The molecule has 96 valence electrons. The molecule has 1 saturated heterocycles. The Hall–Kier alpha value is -0.940. The highest BCUT2D eigenvalue weighted by molar-refractivity contribution is 4.89. The van der Waals surface area contributed by atoms with E-state index in [0.717, 1.165) is 51.3 Å². The molecule has 0 saturated carbocycles. The molecule has 1 aromatic heterocycles. The SMILES string of the molecule is CCCn1ncnc1CC(N)CC1CCOC1. The Kier molecular flexibility index (Phi) is 4.50. The molecule has 1 aliphatic rings. The number of aromatic nitrogens is 3. The van der Waals surface area contributed by atoms with Gasteiger partial charge in [0.2, 0.25) is 0 Å². The lowest BCUT2D eigenvalue weighted by atomic mass is 9.98. The molecule has 17 heavy (non-hydrogen) atoms. The largest absolute Gasteiger partial charge is 0.381 e. The van der Waals surface area contributed by atoms with Gasteiger partial charge in [0.1, 0.15) is 12.2 Å². The van der Waals surface area contributed by atoms with Crippen molar-refractivity contribution in [3.8, 4) is 0 Å². The maximum absolute atomic E-state index is 6.17. The van der Waals surface area contributed by atoms with Crippen molar-refractivity contribution in [2.24, 2.45) is 11.7 Å². The van der Waals surface area contributed by atoms with Crippen LogP contribution in [0.25, 0.3) is 0 Å². The van der Waals surface area contributed by atoms with E-state index >= 15 is 0 Å². The topological polar surface area (TPSA) is 66.0 Å². The second-order valence-corrected chi connectivity index (χ2v) is 4.83. The zero-order chi connectivity index (χ0) is 12.1. The molecular weight excluding hydrogens is 216 g/mol. The zero-order valence-corrected chi connectivity index (χ0v) is 10.5. The molecule has 0 radical (unpaired) electrons. The van der Waals surface area contributed by atoms with Crippen LogP contribution in [0, 0.1) is 5.92 Å². The molecule has 0 bridgehead atoms. The predicted molar refractivity (Wildman–Crippen MR) is 65.5 cm³/mol. The maximum Gasteiger partial charge on any atom is 0.138 e. The first kappa shape index (κ1) is 12.5. The molecule has 2 N–H and O–H groups in total. The van der Waals surface area contributed by atoms with E-state index in [1.807, 2.05) is 4.68 Å². The average Bonchev–Trinajstić information content (AvgIpc) is 2.92. The van der Waals surface area contributed by atoms with Crippen LogP contribution in [-0.4, -0.2) is 34.0 Å². The van der Waals surface area contributed by atoms with Crippen LogP contribution < -0.4 is 5.73 Å². The molecule has 0 amide bonds. The van der Waals surface area contributed by atoms with Gasteiger partial charge in [0, 0.05) is 32.2 Å². The quantitative estimate of drug-likeness (QED) is 0.802. The van der Waals surface area contributed by atoms with Crippen LogP contribution >= 0.6 is 0 Å². The van der Waals surface area contributed by atoms with E-state index in [0.29, 0.717) is 5.92 Å². The Morgan fingerprint density at radius 3 is 3.24 bits per heavy atom. The summed E-state index contributed by atoms with van der Waals surface area (Å²) in [6.45, 7) is 4.83. The fraction of sp³-hybridized carbons (Fsp3) is 0.833. The normalized spacial score (nSPS) is 21.9. The van der Waals surface area contributed by atoms with Crippen molar-refractivity contribution >= 4 is 0 Å². The van der Waals surface area contributed by atoms with Crippen LogP contribution in [-0.2, 0) is 17.7 Å². The molecule has 1 aliphatic heterocycles. The van der Waals surface area contributed by atoms with E-state index in [9.17, 15) is 0 Å². The molecule has 5 heteroatoms. The van der Waals surface area contributed by atoms with Gasteiger partial charge >= 0.3 is 0 Å². The Balaban J connectivity index is 1.83. The minimum atomic E-state index is 0.168. The first-order chi connectivity index (χ1) is 8.29. The van der Waals surface area contributed by atoms with E-state index in [4.69, 9.17) is 10.5 Å². The van der Waals surface area contributed by atoms with Crippen molar-refractivity contribution in [2.75, 3.05) is 13.2 Å². The number of hydrogen-bond donors (Lipinski definition) is 1. The van der Waals surface area contributed by atoms with Crippen LogP contribution in [0.4, 0.5) is 0 Å². The van der Waals surface area contributed by atoms with E-state index in [2.05, 4.69) is 17.0 Å². The Morgan fingerprint density at radius 1 is 1.65 bits per heavy atom. The highest BCUT2D eigenvalue weighted by Gasteiger charge is 2.20. The standard InChI is InChI=1S/C12H22N4O/c1-2-4-16-12(14-9-15-16)7-11(13)6-10-3-5-17-8-10/h9-11H,2-8,13H2,1H3. The summed E-state index contributed by atoms with van der Waals surface area (Å²) >= 11 is 0. The monoisotopic (exact) mass is 238 g/mol. The predicted octanol–water partition coefficient (Wildman–Crippen LogP) is 0.984. The Bertz CT molecular complexity index is 333. The summed E-state index contributed by atoms with van der Waals surface area (Å²) in [5, 5.41) is 4.22. The number of nitrogens with zero attached hydrogens (tertiary/aromatic N) is 3. The minimum absolute atomic E-state index is 0.168. The molecule has 2 heterocycles. The molecule has 1 fully saturated rings. The van der Waals surface area contributed by atoms with Gasteiger partial charge in [-0.3, -0.25) is 4.68 Å². The van der Waals surface area contributed by atoms with Gasteiger partial charge in [-0.25, -0.2) is 4.98 Å². The van der Waals surface area contributed by atoms with Crippen LogP contribution in [0.3, 0.4) is 0 Å². The average molecular weight is 238 g/mol. The molecule has 0 spiro atoms. The minimum Gasteiger partial charge on any atom is -0.381 e. The third-order valence-corrected chi connectivity index (χ3v) is 3.24. The first-order valence-corrected chi connectivity index (χ1v) is 6.49. The molecule has 0 aromatic carbocycles. The summed E-state index contributed by atoms with van der Waals surface area (Å²) in [4.78, 5) is 4.29. The lowest BCUT2D eigenvalue weighted by Crippen LogP contribution is -2.28. The molecule has 1 aromatic rings. The van der Waals surface area contributed by atoms with E-state index in [-0.39, 0.29) is 6.04 Å². The van der Waals surface area contributed by atoms with E-state index < -0.39 is 0 Å². The van der Waals surface area contributed by atoms with E-state index in [1.54, 1.807) is 6.33 Å². The van der Waals surface area contributed by atoms with Crippen LogP contribution in [0.5, 0.6) is 0 Å². The number of ether oxygens (including phenoxy) is 1. The van der Waals surface area contributed by atoms with Crippen molar-refractivity contribution < 1.29 is 4.74 Å².